The van der Waals surface area contributed by atoms with Crippen LogP contribution in [0.4, 0.5) is 0 Å². The smallest absolute Gasteiger partial charge is 0.0739 e. The lowest BCUT2D eigenvalue weighted by Gasteiger charge is -2.08. The fraction of sp³-hybridized carbons (Fsp3) is 0.727. The first kappa shape index (κ1) is 14.2. The van der Waals surface area contributed by atoms with E-state index in [4.69, 9.17) is 0 Å². The Morgan fingerprint density at radius 3 is 2.69 bits per heavy atom. The van der Waals surface area contributed by atoms with Crippen LogP contribution in [0.1, 0.15) is 31.2 Å². The van der Waals surface area contributed by atoms with Crippen molar-refractivity contribution < 1.29 is 0 Å². The Kier molecular flexibility index (Phi) is 6.00. The highest BCUT2D eigenvalue weighted by atomic mass is 79.9. The Bertz CT molecular complexity index is 336. The molecule has 0 aliphatic rings. The van der Waals surface area contributed by atoms with Gasteiger partial charge in [-0.05, 0) is 42.2 Å². The number of alkyl halides is 1. The number of rotatable bonds is 6. The van der Waals surface area contributed by atoms with E-state index in [1.54, 1.807) is 0 Å². The SMILES string of the molecule is CCC(Br)CCNCc1c(Br)c(C)nn1C. The molecule has 0 aliphatic heterocycles. The van der Waals surface area contributed by atoms with Gasteiger partial charge in [0.1, 0.15) is 0 Å². The lowest BCUT2D eigenvalue weighted by atomic mass is 10.2. The van der Waals surface area contributed by atoms with Crippen LogP contribution >= 0.6 is 31.9 Å². The van der Waals surface area contributed by atoms with Gasteiger partial charge in [0.2, 0.25) is 0 Å². The van der Waals surface area contributed by atoms with Crippen LogP contribution in [0, 0.1) is 6.92 Å². The average Bonchev–Trinajstić information content (AvgIpc) is 2.49. The van der Waals surface area contributed by atoms with Crippen LogP contribution in [0.2, 0.25) is 0 Å². The molecular formula is C11H19Br2N3. The third-order valence-corrected chi connectivity index (χ3v) is 4.77. The molecular weight excluding hydrogens is 334 g/mol. The van der Waals surface area contributed by atoms with Crippen molar-refractivity contribution in [2.75, 3.05) is 6.54 Å². The van der Waals surface area contributed by atoms with Gasteiger partial charge in [0.25, 0.3) is 0 Å². The van der Waals surface area contributed by atoms with Gasteiger partial charge < -0.3 is 5.32 Å². The molecule has 1 atom stereocenters. The molecule has 1 heterocycles. The lowest BCUT2D eigenvalue weighted by molar-refractivity contribution is 0.595. The first-order chi connectivity index (χ1) is 7.56. The first-order valence-corrected chi connectivity index (χ1v) is 7.29. The van der Waals surface area contributed by atoms with Crippen molar-refractivity contribution in [3.8, 4) is 0 Å². The van der Waals surface area contributed by atoms with Gasteiger partial charge >= 0.3 is 0 Å². The standard InChI is InChI=1S/C11H19Br2N3/c1-4-9(12)5-6-14-7-10-11(13)8(2)15-16(10)3/h9,14H,4-7H2,1-3H3. The van der Waals surface area contributed by atoms with E-state index < -0.39 is 0 Å². The third kappa shape index (κ3) is 3.86. The summed E-state index contributed by atoms with van der Waals surface area (Å²) in [6, 6.07) is 0. The molecule has 0 aliphatic carbocycles. The Morgan fingerprint density at radius 1 is 1.50 bits per heavy atom. The molecule has 1 aromatic rings. The molecule has 1 rings (SSSR count). The number of hydrogen-bond donors (Lipinski definition) is 1. The largest absolute Gasteiger partial charge is 0.311 e. The summed E-state index contributed by atoms with van der Waals surface area (Å²) in [6.07, 6.45) is 2.33. The maximum Gasteiger partial charge on any atom is 0.0739 e. The summed E-state index contributed by atoms with van der Waals surface area (Å²) in [5.74, 6) is 0. The first-order valence-electron chi connectivity index (χ1n) is 5.59. The number of nitrogens with zero attached hydrogens (tertiary/aromatic N) is 2. The van der Waals surface area contributed by atoms with Gasteiger partial charge in [0, 0.05) is 18.4 Å². The second-order valence-corrected chi connectivity index (χ2v) is 6.03. The van der Waals surface area contributed by atoms with E-state index in [-0.39, 0.29) is 0 Å². The molecule has 92 valence electrons. The van der Waals surface area contributed by atoms with Crippen LogP contribution in [0.5, 0.6) is 0 Å². The summed E-state index contributed by atoms with van der Waals surface area (Å²) in [5, 5.41) is 7.80. The summed E-state index contributed by atoms with van der Waals surface area (Å²) >= 11 is 7.19. The van der Waals surface area contributed by atoms with E-state index in [2.05, 4.69) is 49.2 Å². The van der Waals surface area contributed by atoms with Crippen LogP contribution < -0.4 is 5.32 Å². The molecule has 0 aromatic carbocycles. The molecule has 5 heteroatoms. The Hall–Kier alpha value is 0.130. The van der Waals surface area contributed by atoms with Crippen molar-refractivity contribution in [3.63, 3.8) is 0 Å². The van der Waals surface area contributed by atoms with Gasteiger partial charge in [-0.25, -0.2) is 0 Å². The predicted molar refractivity (Wildman–Crippen MR) is 75.0 cm³/mol. The maximum atomic E-state index is 4.36. The van der Waals surface area contributed by atoms with E-state index >= 15 is 0 Å². The van der Waals surface area contributed by atoms with E-state index in [9.17, 15) is 0 Å². The van der Waals surface area contributed by atoms with Crippen LogP contribution in [-0.4, -0.2) is 21.2 Å². The molecule has 0 saturated carbocycles. The molecule has 0 bridgehead atoms. The summed E-state index contributed by atoms with van der Waals surface area (Å²) in [4.78, 5) is 0.622. The summed E-state index contributed by atoms with van der Waals surface area (Å²) in [5.41, 5.74) is 2.26. The number of aromatic nitrogens is 2. The Morgan fingerprint density at radius 2 is 2.19 bits per heavy atom. The van der Waals surface area contributed by atoms with Crippen LogP contribution in [0.15, 0.2) is 4.47 Å². The van der Waals surface area contributed by atoms with Gasteiger partial charge in [-0.2, -0.15) is 5.10 Å². The molecule has 0 saturated heterocycles. The lowest BCUT2D eigenvalue weighted by Crippen LogP contribution is -2.19. The third-order valence-electron chi connectivity index (χ3n) is 2.63. The van der Waals surface area contributed by atoms with Crippen molar-refractivity contribution in [2.24, 2.45) is 7.05 Å². The molecule has 0 radical (unpaired) electrons. The minimum absolute atomic E-state index is 0.622. The van der Waals surface area contributed by atoms with Gasteiger partial charge in [0.15, 0.2) is 0 Å². The van der Waals surface area contributed by atoms with Crippen molar-refractivity contribution >= 4 is 31.9 Å². The minimum atomic E-state index is 0.622. The van der Waals surface area contributed by atoms with Crippen molar-refractivity contribution in [3.05, 3.63) is 15.9 Å². The monoisotopic (exact) mass is 351 g/mol. The van der Waals surface area contributed by atoms with Crippen molar-refractivity contribution in [1.82, 2.24) is 15.1 Å². The second-order valence-electron chi connectivity index (χ2n) is 3.94. The zero-order chi connectivity index (χ0) is 12.1. The quantitative estimate of drug-likeness (QED) is 0.629. The normalized spacial score (nSPS) is 13.1. The highest BCUT2D eigenvalue weighted by Crippen LogP contribution is 2.19. The molecule has 1 aromatic heterocycles. The summed E-state index contributed by atoms with van der Waals surface area (Å²) in [6.45, 7) is 6.10. The van der Waals surface area contributed by atoms with E-state index in [0.717, 1.165) is 29.7 Å². The number of nitrogens with one attached hydrogen (secondary N) is 1. The fourth-order valence-electron chi connectivity index (χ4n) is 1.54. The van der Waals surface area contributed by atoms with Crippen LogP contribution in [0.25, 0.3) is 0 Å². The molecule has 16 heavy (non-hydrogen) atoms. The Labute approximate surface area is 114 Å². The van der Waals surface area contributed by atoms with E-state index in [1.165, 1.54) is 12.1 Å². The molecule has 0 spiro atoms. The number of aryl methyl sites for hydroxylation is 2. The van der Waals surface area contributed by atoms with Gasteiger partial charge in [0.05, 0.1) is 15.9 Å². The number of halogens is 2. The number of hydrogen-bond acceptors (Lipinski definition) is 2. The molecule has 1 N–H and O–H groups in total. The van der Waals surface area contributed by atoms with Crippen LogP contribution in [0.3, 0.4) is 0 Å². The minimum Gasteiger partial charge on any atom is -0.311 e. The van der Waals surface area contributed by atoms with Crippen molar-refractivity contribution in [1.29, 1.82) is 0 Å². The predicted octanol–water partition coefficient (Wildman–Crippen LogP) is 3.14. The van der Waals surface area contributed by atoms with Gasteiger partial charge in [-0.15, -0.1) is 0 Å². The Balaban J connectivity index is 2.37. The molecule has 0 amide bonds. The zero-order valence-electron chi connectivity index (χ0n) is 10.1. The van der Waals surface area contributed by atoms with Gasteiger partial charge in [-0.1, -0.05) is 22.9 Å². The van der Waals surface area contributed by atoms with Crippen LogP contribution in [-0.2, 0) is 13.6 Å². The topological polar surface area (TPSA) is 29.9 Å². The highest BCUT2D eigenvalue weighted by molar-refractivity contribution is 9.10. The molecule has 1 unspecified atom stereocenters. The maximum absolute atomic E-state index is 4.36. The van der Waals surface area contributed by atoms with Gasteiger partial charge in [-0.3, -0.25) is 4.68 Å². The van der Waals surface area contributed by atoms with E-state index in [1.807, 2.05) is 18.7 Å². The second kappa shape index (κ2) is 6.77. The van der Waals surface area contributed by atoms with Crippen molar-refractivity contribution in [2.45, 2.75) is 38.1 Å². The zero-order valence-corrected chi connectivity index (χ0v) is 13.2. The van der Waals surface area contributed by atoms with E-state index in [0.29, 0.717) is 4.83 Å². The average molecular weight is 353 g/mol. The summed E-state index contributed by atoms with van der Waals surface area (Å²) in [7, 11) is 1.98. The summed E-state index contributed by atoms with van der Waals surface area (Å²) < 4.78 is 3.05. The highest BCUT2D eigenvalue weighted by Gasteiger charge is 2.09. The fourth-order valence-corrected chi connectivity index (χ4v) is 2.25. The molecule has 0 fully saturated rings. The molecule has 3 nitrogen and oxygen atoms in total.